The fourth-order valence-electron chi connectivity index (χ4n) is 3.64. The first kappa shape index (κ1) is 20.8. The number of sulfonamides is 1. The number of amidine groups is 1. The lowest BCUT2D eigenvalue weighted by Crippen LogP contribution is -2.37. The number of hydrogen-bond acceptors (Lipinski definition) is 8. The minimum absolute atomic E-state index is 0.0105. The lowest BCUT2D eigenvalue weighted by molar-refractivity contribution is 0.558. The molecule has 0 bridgehead atoms. The Balaban J connectivity index is 1.72. The Hall–Kier alpha value is -3.45. The van der Waals surface area contributed by atoms with E-state index in [0.717, 1.165) is 36.6 Å². The number of rotatable bonds is 6. The van der Waals surface area contributed by atoms with E-state index in [9.17, 15) is 13.7 Å². The van der Waals surface area contributed by atoms with Gasteiger partial charge in [-0.15, -0.1) is 0 Å². The molecule has 0 amide bonds. The standard InChI is InChI=1S/C21H23N7O2S/c1-3-10-31(29,30)26-17-6-4-7-19(16(17)12-22)27(2)20-11-15-18(13-24-20)25-14-28-9-5-8-23-21(15)28/h4,6-7,11,13-14,26H,3,5,8-10H2,1-2H3. The Bertz CT molecular complexity index is 1210. The molecule has 2 aromatic rings. The third-order valence-electron chi connectivity index (χ3n) is 5.13. The molecule has 2 aliphatic rings. The van der Waals surface area contributed by atoms with Crippen LogP contribution < -0.4 is 9.62 Å². The maximum atomic E-state index is 12.2. The Morgan fingerprint density at radius 2 is 2.19 bits per heavy atom. The van der Waals surface area contributed by atoms with Crippen LogP contribution in [0.5, 0.6) is 0 Å². The molecule has 0 fully saturated rings. The zero-order valence-electron chi connectivity index (χ0n) is 17.4. The third kappa shape index (κ3) is 4.09. The van der Waals surface area contributed by atoms with E-state index in [1.807, 2.05) is 11.0 Å². The Labute approximate surface area is 181 Å². The largest absolute Gasteiger partial charge is 0.328 e. The highest BCUT2D eigenvalue weighted by Crippen LogP contribution is 2.34. The summed E-state index contributed by atoms with van der Waals surface area (Å²) < 4.78 is 27.0. The smallest absolute Gasteiger partial charge is 0.232 e. The Morgan fingerprint density at radius 1 is 1.35 bits per heavy atom. The predicted molar refractivity (Wildman–Crippen MR) is 122 cm³/mol. The minimum Gasteiger partial charge on any atom is -0.328 e. The van der Waals surface area contributed by atoms with E-state index in [1.54, 1.807) is 49.6 Å². The second-order valence-corrected chi connectivity index (χ2v) is 9.19. The van der Waals surface area contributed by atoms with E-state index in [1.165, 1.54) is 0 Å². The molecule has 1 N–H and O–H groups in total. The summed E-state index contributed by atoms with van der Waals surface area (Å²) in [7, 11) is -1.73. The van der Waals surface area contributed by atoms with E-state index >= 15 is 0 Å². The highest BCUT2D eigenvalue weighted by atomic mass is 32.2. The summed E-state index contributed by atoms with van der Waals surface area (Å²) in [4.78, 5) is 17.4. The maximum Gasteiger partial charge on any atom is 0.232 e. The first-order chi connectivity index (χ1) is 14.9. The van der Waals surface area contributed by atoms with Gasteiger partial charge in [-0.25, -0.2) is 18.4 Å². The highest BCUT2D eigenvalue weighted by Gasteiger charge is 2.24. The Morgan fingerprint density at radius 3 is 2.97 bits per heavy atom. The van der Waals surface area contributed by atoms with Gasteiger partial charge in [-0.2, -0.15) is 5.26 Å². The summed E-state index contributed by atoms with van der Waals surface area (Å²) in [5.74, 6) is 1.47. The van der Waals surface area contributed by atoms with Gasteiger partial charge in [0.05, 0.1) is 40.9 Å². The number of hydrogen-bond donors (Lipinski definition) is 1. The molecule has 31 heavy (non-hydrogen) atoms. The average Bonchev–Trinajstić information content (AvgIpc) is 2.77. The van der Waals surface area contributed by atoms with Crippen LogP contribution in [0, 0.1) is 11.3 Å². The van der Waals surface area contributed by atoms with Gasteiger partial charge in [-0.05, 0) is 31.0 Å². The van der Waals surface area contributed by atoms with Crippen molar-refractivity contribution in [3.8, 4) is 6.07 Å². The van der Waals surface area contributed by atoms with Crippen molar-refractivity contribution < 1.29 is 8.42 Å². The maximum absolute atomic E-state index is 12.2. The molecule has 2 aliphatic heterocycles. The number of nitriles is 1. The number of pyridine rings is 1. The minimum atomic E-state index is -3.52. The molecule has 0 atom stereocenters. The van der Waals surface area contributed by atoms with Crippen molar-refractivity contribution in [3.63, 3.8) is 0 Å². The molecule has 0 spiro atoms. The van der Waals surface area contributed by atoms with Crippen LogP contribution in [0.4, 0.5) is 22.9 Å². The zero-order chi connectivity index (χ0) is 22.0. The topological polar surface area (TPSA) is 114 Å². The molecule has 1 aromatic carbocycles. The molecular weight excluding hydrogens is 414 g/mol. The van der Waals surface area contributed by atoms with Gasteiger partial charge < -0.3 is 9.80 Å². The van der Waals surface area contributed by atoms with Crippen molar-refractivity contribution >= 4 is 45.1 Å². The molecule has 0 unspecified atom stereocenters. The van der Waals surface area contributed by atoms with Gasteiger partial charge in [0.1, 0.15) is 17.7 Å². The van der Waals surface area contributed by atoms with Crippen LogP contribution in [-0.2, 0) is 10.0 Å². The van der Waals surface area contributed by atoms with Crippen LogP contribution in [0.15, 0.2) is 40.4 Å². The quantitative estimate of drug-likeness (QED) is 0.743. The van der Waals surface area contributed by atoms with Crippen molar-refractivity contribution in [2.75, 3.05) is 35.5 Å². The summed E-state index contributed by atoms with van der Waals surface area (Å²) in [6.45, 7) is 3.43. The van der Waals surface area contributed by atoms with Crippen LogP contribution in [0.3, 0.4) is 0 Å². The van der Waals surface area contributed by atoms with Crippen LogP contribution in [0.25, 0.3) is 0 Å². The van der Waals surface area contributed by atoms with E-state index in [4.69, 9.17) is 0 Å². The lowest BCUT2D eigenvalue weighted by atomic mass is 10.1. The molecule has 9 nitrogen and oxygen atoms in total. The average molecular weight is 438 g/mol. The van der Waals surface area contributed by atoms with E-state index in [0.29, 0.717) is 17.9 Å². The number of aromatic nitrogens is 1. The molecule has 0 radical (unpaired) electrons. The van der Waals surface area contributed by atoms with Gasteiger partial charge in [-0.3, -0.25) is 9.71 Å². The third-order valence-corrected chi connectivity index (χ3v) is 6.61. The van der Waals surface area contributed by atoms with Gasteiger partial charge in [0, 0.05) is 25.7 Å². The first-order valence-electron chi connectivity index (χ1n) is 10.1. The molecule has 4 rings (SSSR count). The number of fused-ring (bicyclic) bond motifs is 3. The molecule has 1 aromatic heterocycles. The van der Waals surface area contributed by atoms with E-state index in [2.05, 4.69) is 25.8 Å². The normalized spacial score (nSPS) is 14.9. The number of nitrogens with zero attached hydrogens (tertiary/aromatic N) is 6. The summed E-state index contributed by atoms with van der Waals surface area (Å²) in [5, 5.41) is 9.79. The summed E-state index contributed by atoms with van der Waals surface area (Å²) >= 11 is 0. The van der Waals surface area contributed by atoms with E-state index in [-0.39, 0.29) is 17.0 Å². The molecule has 0 aliphatic carbocycles. The van der Waals surface area contributed by atoms with Crippen molar-refractivity contribution in [2.45, 2.75) is 19.8 Å². The molecule has 3 heterocycles. The van der Waals surface area contributed by atoms with Gasteiger partial charge in [0.25, 0.3) is 0 Å². The van der Waals surface area contributed by atoms with Crippen molar-refractivity contribution in [1.82, 2.24) is 9.88 Å². The van der Waals surface area contributed by atoms with Crippen LogP contribution >= 0.6 is 0 Å². The second-order valence-electron chi connectivity index (χ2n) is 7.35. The number of aliphatic imine (C=N–C) groups is 2. The fourth-order valence-corrected chi connectivity index (χ4v) is 4.79. The molecule has 0 saturated heterocycles. The summed E-state index contributed by atoms with van der Waals surface area (Å²) in [6.07, 6.45) is 4.94. The van der Waals surface area contributed by atoms with Gasteiger partial charge in [0.15, 0.2) is 0 Å². The van der Waals surface area contributed by atoms with Crippen molar-refractivity contribution in [1.29, 1.82) is 5.26 Å². The van der Waals surface area contributed by atoms with Gasteiger partial charge in [-0.1, -0.05) is 13.0 Å². The van der Waals surface area contributed by atoms with Gasteiger partial charge >= 0.3 is 0 Å². The monoisotopic (exact) mass is 437 g/mol. The van der Waals surface area contributed by atoms with Gasteiger partial charge in [0.2, 0.25) is 10.0 Å². The lowest BCUT2D eigenvalue weighted by Gasteiger charge is -2.30. The fraction of sp³-hybridized carbons (Fsp3) is 0.333. The Kier molecular flexibility index (Phi) is 5.61. The van der Waals surface area contributed by atoms with Crippen LogP contribution in [0.1, 0.15) is 30.9 Å². The zero-order valence-corrected chi connectivity index (χ0v) is 18.2. The number of benzene rings is 1. The van der Waals surface area contributed by atoms with Crippen molar-refractivity contribution in [3.05, 3.63) is 41.6 Å². The SMILES string of the molecule is CCCS(=O)(=O)Nc1cccc(N(C)c2cc3c(cn2)N=CN2CCCN=C32)c1C#N. The summed E-state index contributed by atoms with van der Waals surface area (Å²) in [6, 6.07) is 9.10. The molecule has 10 heteroatoms. The molecule has 0 saturated carbocycles. The van der Waals surface area contributed by atoms with E-state index < -0.39 is 10.0 Å². The van der Waals surface area contributed by atoms with Crippen LogP contribution in [-0.4, -0.2) is 56.4 Å². The highest BCUT2D eigenvalue weighted by molar-refractivity contribution is 7.92. The second kappa shape index (κ2) is 8.35. The van der Waals surface area contributed by atoms with Crippen LogP contribution in [0.2, 0.25) is 0 Å². The number of nitrogens with one attached hydrogen (secondary N) is 1. The summed E-state index contributed by atoms with van der Waals surface area (Å²) in [5.41, 5.74) is 2.67. The number of anilines is 3. The molecule has 160 valence electrons. The first-order valence-corrected chi connectivity index (χ1v) is 11.7. The van der Waals surface area contributed by atoms with Crippen molar-refractivity contribution in [2.24, 2.45) is 9.98 Å². The molecular formula is C21H23N7O2S. The predicted octanol–water partition coefficient (Wildman–Crippen LogP) is 3.00.